The van der Waals surface area contributed by atoms with Crippen molar-refractivity contribution in [1.82, 2.24) is 20.8 Å². The Kier molecular flexibility index (Phi) is 9.66. The summed E-state index contributed by atoms with van der Waals surface area (Å²) in [4.78, 5) is 8.52. The summed E-state index contributed by atoms with van der Waals surface area (Å²) in [7, 11) is 1.64. The number of guanidine groups is 1. The van der Waals surface area contributed by atoms with E-state index in [1.54, 1.807) is 14.0 Å². The molecule has 2 rings (SSSR count). The van der Waals surface area contributed by atoms with Crippen LogP contribution >= 0.6 is 24.0 Å². The maximum absolute atomic E-state index is 5.66. The fourth-order valence-electron chi connectivity index (χ4n) is 1.91. The Labute approximate surface area is 164 Å². The van der Waals surface area contributed by atoms with Gasteiger partial charge in [0.05, 0.1) is 13.7 Å². The third-order valence-corrected chi connectivity index (χ3v) is 3.02. The number of hydrogen-bond donors (Lipinski definition) is 2. The monoisotopic (exact) mass is 461 g/mol. The number of nitrogens with one attached hydrogen (secondary N) is 2. The zero-order valence-corrected chi connectivity index (χ0v) is 16.9. The van der Waals surface area contributed by atoms with Gasteiger partial charge in [0.15, 0.2) is 11.8 Å². The standard InChI is InChI=1S/C16H23N5O3.HI/c1-4-17-16(19-11-15-20-12(2)24-21-15)18-9-10-23-14-7-5-13(22-3)6-8-14;/h5-8H,4,9-11H2,1-3H3,(H2,17,18,19);1H. The third kappa shape index (κ3) is 7.59. The SMILES string of the molecule is CCNC(=NCc1noc(C)n1)NCCOc1ccc(OC)cc1.I. The Morgan fingerprint density at radius 3 is 2.52 bits per heavy atom. The van der Waals surface area contributed by atoms with Gasteiger partial charge in [-0.25, -0.2) is 4.99 Å². The lowest BCUT2D eigenvalue weighted by atomic mass is 10.3. The Hall–Kier alpha value is -2.04. The van der Waals surface area contributed by atoms with Crippen molar-refractivity contribution in [3.8, 4) is 11.5 Å². The largest absolute Gasteiger partial charge is 0.497 e. The van der Waals surface area contributed by atoms with Gasteiger partial charge in [-0.2, -0.15) is 4.98 Å². The van der Waals surface area contributed by atoms with Gasteiger partial charge in [0.2, 0.25) is 5.89 Å². The molecule has 0 fully saturated rings. The van der Waals surface area contributed by atoms with Crippen molar-refractivity contribution < 1.29 is 14.0 Å². The molecule has 0 amide bonds. The summed E-state index contributed by atoms with van der Waals surface area (Å²) >= 11 is 0. The van der Waals surface area contributed by atoms with Crippen LogP contribution < -0.4 is 20.1 Å². The van der Waals surface area contributed by atoms with Crippen LogP contribution in [0.1, 0.15) is 18.6 Å². The van der Waals surface area contributed by atoms with Gasteiger partial charge in [-0.05, 0) is 31.2 Å². The van der Waals surface area contributed by atoms with Crippen molar-refractivity contribution in [3.05, 3.63) is 36.0 Å². The molecule has 0 saturated carbocycles. The van der Waals surface area contributed by atoms with Crippen molar-refractivity contribution in [1.29, 1.82) is 0 Å². The number of halogens is 1. The number of aryl methyl sites for hydroxylation is 1. The molecule has 0 saturated heterocycles. The van der Waals surface area contributed by atoms with Crippen LogP contribution in [-0.4, -0.2) is 42.9 Å². The molecule has 1 heterocycles. The third-order valence-electron chi connectivity index (χ3n) is 3.02. The first-order chi connectivity index (χ1) is 11.7. The molecule has 0 aliphatic carbocycles. The molecule has 0 aliphatic heterocycles. The quantitative estimate of drug-likeness (QED) is 0.269. The van der Waals surface area contributed by atoms with Gasteiger partial charge in [0.1, 0.15) is 24.7 Å². The molecule has 0 aliphatic rings. The van der Waals surface area contributed by atoms with Crippen molar-refractivity contribution >= 4 is 29.9 Å². The van der Waals surface area contributed by atoms with Crippen LogP contribution in [0.2, 0.25) is 0 Å². The van der Waals surface area contributed by atoms with E-state index in [2.05, 4.69) is 25.8 Å². The van der Waals surface area contributed by atoms with Gasteiger partial charge >= 0.3 is 0 Å². The lowest BCUT2D eigenvalue weighted by Crippen LogP contribution is -2.39. The topological polar surface area (TPSA) is 93.8 Å². The lowest BCUT2D eigenvalue weighted by Gasteiger charge is -2.12. The summed E-state index contributed by atoms with van der Waals surface area (Å²) in [5.74, 6) is 3.36. The number of methoxy groups -OCH3 is 1. The molecule has 1 aromatic carbocycles. The van der Waals surface area contributed by atoms with Crippen LogP contribution in [0.4, 0.5) is 0 Å². The molecule has 2 aromatic rings. The highest BCUT2D eigenvalue weighted by Gasteiger charge is 2.02. The van der Waals surface area contributed by atoms with Gasteiger partial charge in [-0.1, -0.05) is 5.16 Å². The smallest absolute Gasteiger partial charge is 0.223 e. The zero-order chi connectivity index (χ0) is 17.2. The van der Waals surface area contributed by atoms with E-state index in [0.29, 0.717) is 37.4 Å². The predicted octanol–water partition coefficient (Wildman–Crippen LogP) is 2.14. The minimum absolute atomic E-state index is 0. The van der Waals surface area contributed by atoms with E-state index in [9.17, 15) is 0 Å². The first kappa shape index (κ1) is 21.0. The molecular weight excluding hydrogens is 437 g/mol. The second-order valence-corrected chi connectivity index (χ2v) is 4.88. The van der Waals surface area contributed by atoms with Crippen LogP contribution in [0.5, 0.6) is 11.5 Å². The normalized spacial score (nSPS) is 10.8. The van der Waals surface area contributed by atoms with Crippen LogP contribution in [-0.2, 0) is 6.54 Å². The number of aromatic nitrogens is 2. The number of hydrogen-bond acceptors (Lipinski definition) is 6. The lowest BCUT2D eigenvalue weighted by molar-refractivity contribution is 0.321. The van der Waals surface area contributed by atoms with Gasteiger partial charge in [0.25, 0.3) is 0 Å². The highest BCUT2D eigenvalue weighted by molar-refractivity contribution is 14.0. The van der Waals surface area contributed by atoms with Gasteiger partial charge in [-0.3, -0.25) is 0 Å². The highest BCUT2D eigenvalue weighted by Crippen LogP contribution is 2.16. The van der Waals surface area contributed by atoms with E-state index < -0.39 is 0 Å². The molecule has 1 aromatic heterocycles. The number of nitrogens with zero attached hydrogens (tertiary/aromatic N) is 3. The second kappa shape index (κ2) is 11.5. The Bertz CT molecular complexity index is 645. The van der Waals surface area contributed by atoms with Crippen molar-refractivity contribution in [2.75, 3.05) is 26.8 Å². The average Bonchev–Trinajstić information content (AvgIpc) is 3.02. The first-order valence-electron chi connectivity index (χ1n) is 7.79. The van der Waals surface area contributed by atoms with Crippen LogP contribution in [0.15, 0.2) is 33.8 Å². The number of benzene rings is 1. The molecule has 9 heteroatoms. The van der Waals surface area contributed by atoms with E-state index in [4.69, 9.17) is 14.0 Å². The summed E-state index contributed by atoms with van der Waals surface area (Å²) in [6.45, 7) is 5.99. The van der Waals surface area contributed by atoms with E-state index in [-0.39, 0.29) is 24.0 Å². The Morgan fingerprint density at radius 1 is 1.20 bits per heavy atom. The molecule has 25 heavy (non-hydrogen) atoms. The van der Waals surface area contributed by atoms with Crippen LogP contribution in [0.25, 0.3) is 0 Å². The molecule has 0 bridgehead atoms. The fourth-order valence-corrected chi connectivity index (χ4v) is 1.91. The summed E-state index contributed by atoms with van der Waals surface area (Å²) in [5, 5.41) is 10.2. The minimum atomic E-state index is 0. The van der Waals surface area contributed by atoms with Crippen molar-refractivity contribution in [2.45, 2.75) is 20.4 Å². The molecule has 138 valence electrons. The van der Waals surface area contributed by atoms with Crippen molar-refractivity contribution in [3.63, 3.8) is 0 Å². The predicted molar refractivity (Wildman–Crippen MR) is 106 cm³/mol. The second-order valence-electron chi connectivity index (χ2n) is 4.88. The first-order valence-corrected chi connectivity index (χ1v) is 7.79. The molecule has 8 nitrogen and oxygen atoms in total. The minimum Gasteiger partial charge on any atom is -0.497 e. The Balaban J connectivity index is 0.00000312. The number of rotatable bonds is 8. The molecule has 0 radical (unpaired) electrons. The molecule has 0 spiro atoms. The Morgan fingerprint density at radius 2 is 1.92 bits per heavy atom. The summed E-state index contributed by atoms with van der Waals surface area (Å²) in [5.41, 5.74) is 0. The molecule has 2 N–H and O–H groups in total. The maximum Gasteiger partial charge on any atom is 0.223 e. The van der Waals surface area contributed by atoms with Gasteiger partial charge in [-0.15, -0.1) is 24.0 Å². The molecular formula is C16H24IN5O3. The van der Waals surface area contributed by atoms with Gasteiger partial charge in [0, 0.05) is 13.5 Å². The molecule has 0 unspecified atom stereocenters. The maximum atomic E-state index is 5.66. The van der Waals surface area contributed by atoms with Crippen LogP contribution in [0.3, 0.4) is 0 Å². The summed E-state index contributed by atoms with van der Waals surface area (Å²) in [6, 6.07) is 7.47. The van der Waals surface area contributed by atoms with E-state index in [0.717, 1.165) is 18.0 Å². The number of aliphatic imine (C=N–C) groups is 1. The summed E-state index contributed by atoms with van der Waals surface area (Å²) in [6.07, 6.45) is 0. The zero-order valence-electron chi connectivity index (χ0n) is 14.6. The summed E-state index contributed by atoms with van der Waals surface area (Å²) < 4.78 is 15.7. The van der Waals surface area contributed by atoms with Crippen LogP contribution in [0, 0.1) is 6.92 Å². The van der Waals surface area contributed by atoms with Gasteiger partial charge < -0.3 is 24.6 Å². The van der Waals surface area contributed by atoms with E-state index >= 15 is 0 Å². The fraction of sp³-hybridized carbons (Fsp3) is 0.438. The average molecular weight is 461 g/mol. The van der Waals surface area contributed by atoms with E-state index in [1.807, 2.05) is 31.2 Å². The molecule has 0 atom stereocenters. The van der Waals surface area contributed by atoms with E-state index in [1.165, 1.54) is 0 Å². The number of ether oxygens (including phenoxy) is 2. The van der Waals surface area contributed by atoms with Crippen molar-refractivity contribution in [2.24, 2.45) is 4.99 Å². The highest BCUT2D eigenvalue weighted by atomic mass is 127.